The van der Waals surface area contributed by atoms with Crippen molar-refractivity contribution in [2.24, 2.45) is 23.7 Å². The molecule has 0 radical (unpaired) electrons. The third-order valence-corrected chi connectivity index (χ3v) is 14.6. The van der Waals surface area contributed by atoms with Gasteiger partial charge in [-0.2, -0.15) is 0 Å². The summed E-state index contributed by atoms with van der Waals surface area (Å²) in [7, 11) is 0. The highest BCUT2D eigenvalue weighted by Crippen LogP contribution is 2.69. The molecule has 1 spiro atoms. The molecule has 0 saturated heterocycles. The first-order valence-electron chi connectivity index (χ1n) is 20.7. The highest BCUT2D eigenvalue weighted by molar-refractivity contribution is 6.21. The topological polar surface area (TPSA) is 25.8 Å². The van der Waals surface area contributed by atoms with E-state index in [9.17, 15) is 0 Å². The largest absolute Gasteiger partial charge is 0.227 e. The summed E-state index contributed by atoms with van der Waals surface area (Å²) in [6.45, 7) is 0. The Morgan fingerprint density at radius 3 is 1.71 bits per heavy atom. The minimum absolute atomic E-state index is 0.121. The Hall–Kier alpha value is -6.12. The second-order valence-electron chi connectivity index (χ2n) is 17.3. The van der Waals surface area contributed by atoms with Crippen molar-refractivity contribution in [2.75, 3.05) is 0 Å². The Bertz CT molecular complexity index is 3020. The van der Waals surface area contributed by atoms with Crippen molar-refractivity contribution in [1.82, 2.24) is 9.97 Å². The highest BCUT2D eigenvalue weighted by atomic mass is 14.9. The summed E-state index contributed by atoms with van der Waals surface area (Å²) in [6, 6.07) is 58.7. The number of benzene rings is 8. The van der Waals surface area contributed by atoms with E-state index in [0.29, 0.717) is 0 Å². The molecule has 0 unspecified atom stereocenters. The van der Waals surface area contributed by atoms with Crippen LogP contribution in [0.1, 0.15) is 43.2 Å². The SMILES string of the molecule is c1ccc(-c2nc(-c3c4ccccc4c(-c4ccc5c(c4)C4(c6ccccc6-5)C5CC6CC(C5)CC4C6)c4ccccc34)nc3c2ccc2ccccc23)cc1. The monoisotopic (exact) mass is 716 g/mol. The van der Waals surface area contributed by atoms with Gasteiger partial charge in [-0.15, -0.1) is 0 Å². The minimum Gasteiger partial charge on any atom is -0.227 e. The molecule has 56 heavy (non-hydrogen) atoms. The van der Waals surface area contributed by atoms with Crippen LogP contribution in [0.4, 0.5) is 0 Å². The van der Waals surface area contributed by atoms with Crippen LogP contribution in [0.5, 0.6) is 0 Å². The van der Waals surface area contributed by atoms with Crippen molar-refractivity contribution in [1.29, 1.82) is 0 Å². The van der Waals surface area contributed by atoms with E-state index in [1.807, 2.05) is 0 Å². The van der Waals surface area contributed by atoms with Gasteiger partial charge in [-0.25, -0.2) is 9.97 Å². The number of fused-ring (bicyclic) bond motifs is 8. The van der Waals surface area contributed by atoms with Crippen molar-refractivity contribution in [3.05, 3.63) is 169 Å². The molecule has 2 nitrogen and oxygen atoms in total. The molecule has 266 valence electrons. The Balaban J connectivity index is 1.09. The second kappa shape index (κ2) is 11.5. The maximum atomic E-state index is 5.52. The Morgan fingerprint density at radius 2 is 1.00 bits per heavy atom. The smallest absolute Gasteiger partial charge is 0.161 e. The molecule has 9 aromatic rings. The van der Waals surface area contributed by atoms with E-state index in [2.05, 4.69) is 158 Å². The maximum absolute atomic E-state index is 5.52. The van der Waals surface area contributed by atoms with E-state index >= 15 is 0 Å². The van der Waals surface area contributed by atoms with E-state index in [4.69, 9.17) is 9.97 Å². The maximum Gasteiger partial charge on any atom is 0.161 e. The minimum atomic E-state index is 0.121. The Morgan fingerprint density at radius 1 is 0.411 bits per heavy atom. The van der Waals surface area contributed by atoms with Crippen LogP contribution in [-0.4, -0.2) is 9.97 Å². The summed E-state index contributed by atoms with van der Waals surface area (Å²) >= 11 is 0. The van der Waals surface area contributed by atoms with E-state index < -0.39 is 0 Å². The lowest BCUT2D eigenvalue weighted by molar-refractivity contribution is -0.0399. The molecule has 1 heterocycles. The first-order chi connectivity index (χ1) is 27.7. The summed E-state index contributed by atoms with van der Waals surface area (Å²) in [5.74, 6) is 4.06. The fourth-order valence-corrected chi connectivity index (χ4v) is 12.8. The van der Waals surface area contributed by atoms with Crippen molar-refractivity contribution in [2.45, 2.75) is 37.5 Å². The molecule has 5 aliphatic rings. The predicted molar refractivity (Wildman–Crippen MR) is 232 cm³/mol. The molecule has 0 N–H and O–H groups in total. The molecule has 0 aliphatic heterocycles. The van der Waals surface area contributed by atoms with Gasteiger partial charge >= 0.3 is 0 Å². The summed E-state index contributed by atoms with van der Waals surface area (Å²) in [5.41, 5.74) is 13.0. The van der Waals surface area contributed by atoms with Crippen molar-refractivity contribution in [3.8, 4) is 44.9 Å². The van der Waals surface area contributed by atoms with Crippen LogP contribution in [0.15, 0.2) is 158 Å². The van der Waals surface area contributed by atoms with Crippen molar-refractivity contribution < 1.29 is 0 Å². The van der Waals surface area contributed by atoms with E-state index in [0.717, 1.165) is 62.6 Å². The van der Waals surface area contributed by atoms with Gasteiger partial charge in [0.2, 0.25) is 0 Å². The molecule has 4 fully saturated rings. The van der Waals surface area contributed by atoms with Crippen molar-refractivity contribution in [3.63, 3.8) is 0 Å². The number of hydrogen-bond donors (Lipinski definition) is 0. The van der Waals surface area contributed by atoms with E-state index in [-0.39, 0.29) is 5.41 Å². The molecule has 5 aliphatic carbocycles. The lowest BCUT2D eigenvalue weighted by Crippen LogP contribution is -2.55. The van der Waals surface area contributed by atoms with Crippen LogP contribution in [0.25, 0.3) is 88.1 Å². The Labute approximate surface area is 326 Å². The molecule has 4 saturated carbocycles. The number of rotatable bonds is 3. The normalized spacial score (nSPS) is 23.1. The van der Waals surface area contributed by atoms with Gasteiger partial charge in [0, 0.05) is 27.3 Å². The standard InChI is InChI=1S/C54H40N2/c1-2-13-35(14-3-1)51-46-25-22-34-12-4-5-15-39(34)52(46)56-53(55-51)50-44-19-8-6-17-42(44)49(43-18-7-9-20-45(43)50)36-23-24-41-40-16-10-11-21-47(40)54(48(41)31-36)37-27-32-26-33(29-37)30-38(54)28-32/h1-25,31-33,37-38H,26-30H2. The fourth-order valence-electron chi connectivity index (χ4n) is 12.8. The van der Waals surface area contributed by atoms with Gasteiger partial charge < -0.3 is 0 Å². The van der Waals surface area contributed by atoms with Crippen LogP contribution in [0.3, 0.4) is 0 Å². The third kappa shape index (κ3) is 4.12. The molecule has 1 aromatic heterocycles. The van der Waals surface area contributed by atoms with Crippen LogP contribution < -0.4 is 0 Å². The van der Waals surface area contributed by atoms with Crippen LogP contribution in [0, 0.1) is 23.7 Å². The molecule has 2 heteroatoms. The number of nitrogens with zero attached hydrogens (tertiary/aromatic N) is 2. The van der Waals surface area contributed by atoms with Gasteiger partial charge in [0.05, 0.1) is 11.2 Å². The average Bonchev–Trinajstić information content (AvgIpc) is 3.54. The van der Waals surface area contributed by atoms with Gasteiger partial charge in [-0.3, -0.25) is 0 Å². The van der Waals surface area contributed by atoms with E-state index in [1.165, 1.54) is 81.3 Å². The van der Waals surface area contributed by atoms with Gasteiger partial charge in [0.15, 0.2) is 5.82 Å². The molecule has 0 atom stereocenters. The first kappa shape index (κ1) is 31.1. The zero-order chi connectivity index (χ0) is 36.5. The van der Waals surface area contributed by atoms with Gasteiger partial charge in [0.1, 0.15) is 0 Å². The average molecular weight is 717 g/mol. The molecular formula is C54H40N2. The lowest BCUT2D eigenvalue weighted by atomic mass is 9.43. The zero-order valence-corrected chi connectivity index (χ0v) is 31.3. The predicted octanol–water partition coefficient (Wildman–Crippen LogP) is 13.8. The van der Waals surface area contributed by atoms with Crippen LogP contribution in [0.2, 0.25) is 0 Å². The first-order valence-corrected chi connectivity index (χ1v) is 20.7. The van der Waals surface area contributed by atoms with Gasteiger partial charge in [-0.1, -0.05) is 146 Å². The van der Waals surface area contributed by atoms with Gasteiger partial charge in [0.25, 0.3) is 0 Å². The second-order valence-corrected chi connectivity index (χ2v) is 17.3. The fraction of sp³-hybridized carbons (Fsp3) is 0.185. The molecule has 14 rings (SSSR count). The van der Waals surface area contributed by atoms with Crippen LogP contribution >= 0.6 is 0 Å². The summed E-state index contributed by atoms with van der Waals surface area (Å²) < 4.78 is 0. The number of hydrogen-bond acceptors (Lipinski definition) is 2. The summed E-state index contributed by atoms with van der Waals surface area (Å²) in [6.07, 6.45) is 7.01. The Kier molecular flexibility index (Phi) is 6.37. The number of aromatic nitrogens is 2. The lowest BCUT2D eigenvalue weighted by Gasteiger charge is -2.61. The van der Waals surface area contributed by atoms with E-state index in [1.54, 1.807) is 11.1 Å². The molecule has 8 aromatic carbocycles. The van der Waals surface area contributed by atoms with Crippen LogP contribution in [-0.2, 0) is 5.41 Å². The van der Waals surface area contributed by atoms with Gasteiger partial charge in [-0.05, 0) is 128 Å². The quantitative estimate of drug-likeness (QED) is 0.134. The molecular weight excluding hydrogens is 677 g/mol. The third-order valence-electron chi connectivity index (χ3n) is 14.6. The summed E-state index contributed by atoms with van der Waals surface area (Å²) in [4.78, 5) is 11.0. The zero-order valence-electron chi connectivity index (χ0n) is 31.3. The molecule has 0 amide bonds. The highest BCUT2D eigenvalue weighted by Gasteiger charge is 2.61. The summed E-state index contributed by atoms with van der Waals surface area (Å²) in [5, 5.41) is 8.28. The van der Waals surface area contributed by atoms with Crippen molar-refractivity contribution >= 4 is 43.2 Å². The molecule has 4 bridgehead atoms.